The summed E-state index contributed by atoms with van der Waals surface area (Å²) in [6.45, 7) is 10.4. The van der Waals surface area contributed by atoms with Gasteiger partial charge in [0, 0.05) is 26.7 Å². The van der Waals surface area contributed by atoms with Crippen LogP contribution in [0.4, 0.5) is 0 Å². The molecule has 0 spiro atoms. The van der Waals surface area contributed by atoms with Gasteiger partial charge in [-0.05, 0) is 32.0 Å². The van der Waals surface area contributed by atoms with Crippen molar-refractivity contribution >= 4 is 5.96 Å². The van der Waals surface area contributed by atoms with E-state index in [1.54, 1.807) is 0 Å². The summed E-state index contributed by atoms with van der Waals surface area (Å²) in [5, 5.41) is 6.74. The van der Waals surface area contributed by atoms with E-state index in [-0.39, 0.29) is 0 Å². The predicted molar refractivity (Wildman–Crippen MR) is 92.1 cm³/mol. The van der Waals surface area contributed by atoms with E-state index in [1.807, 2.05) is 7.05 Å². The first-order chi connectivity index (χ1) is 10.1. The Hall–Kier alpha value is -1.55. The molecule has 118 valence electrons. The van der Waals surface area contributed by atoms with Crippen molar-refractivity contribution in [2.24, 2.45) is 4.99 Å². The van der Waals surface area contributed by atoms with Crippen LogP contribution in [0.1, 0.15) is 30.9 Å². The van der Waals surface area contributed by atoms with Crippen molar-refractivity contribution in [3.63, 3.8) is 0 Å². The minimum absolute atomic E-state index is 0.461. The molecular formula is C17H30N4. The summed E-state index contributed by atoms with van der Waals surface area (Å²) in [7, 11) is 3.94. The largest absolute Gasteiger partial charge is 0.356 e. The quantitative estimate of drug-likeness (QED) is 0.597. The van der Waals surface area contributed by atoms with Gasteiger partial charge in [-0.25, -0.2) is 0 Å². The van der Waals surface area contributed by atoms with Gasteiger partial charge in [-0.2, -0.15) is 0 Å². The van der Waals surface area contributed by atoms with Gasteiger partial charge in [-0.1, -0.05) is 43.7 Å². The molecule has 0 radical (unpaired) electrons. The molecule has 1 aromatic rings. The molecule has 1 atom stereocenters. The number of hydrogen-bond donors (Lipinski definition) is 2. The number of nitrogens with zero attached hydrogens (tertiary/aromatic N) is 2. The van der Waals surface area contributed by atoms with E-state index in [2.05, 4.69) is 72.6 Å². The maximum Gasteiger partial charge on any atom is 0.191 e. The molecule has 4 heteroatoms. The van der Waals surface area contributed by atoms with E-state index in [0.29, 0.717) is 5.92 Å². The molecule has 1 aromatic carbocycles. The zero-order valence-corrected chi connectivity index (χ0v) is 14.1. The number of aliphatic imine (C=N–C) groups is 1. The SMILES string of the molecule is CCN(C)CCNC(=NC)NCC(C)c1ccc(C)cc1. The molecule has 0 bridgehead atoms. The minimum atomic E-state index is 0.461. The molecule has 0 aliphatic carbocycles. The van der Waals surface area contributed by atoms with Crippen molar-refractivity contribution in [2.75, 3.05) is 40.3 Å². The van der Waals surface area contributed by atoms with Crippen molar-refractivity contribution in [3.05, 3.63) is 35.4 Å². The van der Waals surface area contributed by atoms with Crippen LogP contribution in [0.3, 0.4) is 0 Å². The second-order valence-electron chi connectivity index (χ2n) is 5.59. The van der Waals surface area contributed by atoms with Crippen molar-refractivity contribution in [1.82, 2.24) is 15.5 Å². The van der Waals surface area contributed by atoms with Gasteiger partial charge in [0.2, 0.25) is 0 Å². The maximum atomic E-state index is 4.27. The van der Waals surface area contributed by atoms with E-state index in [9.17, 15) is 0 Å². The third kappa shape index (κ3) is 6.63. The van der Waals surface area contributed by atoms with Gasteiger partial charge in [0.1, 0.15) is 0 Å². The van der Waals surface area contributed by atoms with Crippen molar-refractivity contribution in [2.45, 2.75) is 26.7 Å². The lowest BCUT2D eigenvalue weighted by Gasteiger charge is -2.18. The van der Waals surface area contributed by atoms with E-state index in [0.717, 1.165) is 32.1 Å². The van der Waals surface area contributed by atoms with Gasteiger partial charge in [0.15, 0.2) is 5.96 Å². The van der Waals surface area contributed by atoms with Crippen LogP contribution < -0.4 is 10.6 Å². The normalized spacial score (nSPS) is 13.3. The molecule has 2 N–H and O–H groups in total. The van der Waals surface area contributed by atoms with Crippen LogP contribution in [0.25, 0.3) is 0 Å². The standard InChI is InChI=1S/C17H30N4/c1-6-21(5)12-11-19-17(18-4)20-13-15(3)16-9-7-14(2)8-10-16/h7-10,15H,6,11-13H2,1-5H3,(H2,18,19,20). The summed E-state index contributed by atoms with van der Waals surface area (Å²) in [6.07, 6.45) is 0. The van der Waals surface area contributed by atoms with Crippen molar-refractivity contribution in [3.8, 4) is 0 Å². The molecule has 0 heterocycles. The molecule has 4 nitrogen and oxygen atoms in total. The van der Waals surface area contributed by atoms with Gasteiger partial charge >= 0.3 is 0 Å². The molecule has 1 rings (SSSR count). The Morgan fingerprint density at radius 2 is 1.90 bits per heavy atom. The predicted octanol–water partition coefficient (Wildman–Crippen LogP) is 2.22. The molecule has 0 aliphatic heterocycles. The minimum Gasteiger partial charge on any atom is -0.356 e. The average molecular weight is 290 g/mol. The first kappa shape index (κ1) is 17.5. The zero-order valence-electron chi connectivity index (χ0n) is 14.1. The smallest absolute Gasteiger partial charge is 0.191 e. The van der Waals surface area contributed by atoms with Gasteiger partial charge in [-0.3, -0.25) is 4.99 Å². The summed E-state index contributed by atoms with van der Waals surface area (Å²) < 4.78 is 0. The number of likely N-dealkylation sites (N-methyl/N-ethyl adjacent to an activating group) is 1. The number of benzene rings is 1. The first-order valence-corrected chi connectivity index (χ1v) is 7.76. The molecule has 0 saturated heterocycles. The lowest BCUT2D eigenvalue weighted by molar-refractivity contribution is 0.357. The monoisotopic (exact) mass is 290 g/mol. The van der Waals surface area contributed by atoms with Crippen LogP contribution in [0.15, 0.2) is 29.3 Å². The summed E-state index contributed by atoms with van der Waals surface area (Å²) >= 11 is 0. The lowest BCUT2D eigenvalue weighted by Crippen LogP contribution is -2.42. The van der Waals surface area contributed by atoms with Crippen LogP contribution in [0.2, 0.25) is 0 Å². The molecule has 0 fully saturated rings. The highest BCUT2D eigenvalue weighted by Crippen LogP contribution is 2.14. The number of hydrogen-bond acceptors (Lipinski definition) is 2. The maximum absolute atomic E-state index is 4.27. The molecule has 0 aliphatic rings. The van der Waals surface area contributed by atoms with Gasteiger partial charge < -0.3 is 15.5 Å². The number of rotatable bonds is 7. The molecule has 0 saturated carbocycles. The van der Waals surface area contributed by atoms with Gasteiger partial charge in [0.05, 0.1) is 0 Å². The van der Waals surface area contributed by atoms with Gasteiger partial charge in [0.25, 0.3) is 0 Å². The van der Waals surface area contributed by atoms with Gasteiger partial charge in [-0.15, -0.1) is 0 Å². The zero-order chi connectivity index (χ0) is 15.7. The van der Waals surface area contributed by atoms with Crippen LogP contribution in [0.5, 0.6) is 0 Å². The fraction of sp³-hybridized carbons (Fsp3) is 0.588. The Balaban J connectivity index is 2.35. The van der Waals surface area contributed by atoms with E-state index in [4.69, 9.17) is 0 Å². The van der Waals surface area contributed by atoms with E-state index < -0.39 is 0 Å². The average Bonchev–Trinajstić information content (AvgIpc) is 2.50. The lowest BCUT2D eigenvalue weighted by atomic mass is 10.0. The molecule has 0 amide bonds. The Bertz CT molecular complexity index is 425. The highest BCUT2D eigenvalue weighted by Gasteiger charge is 2.06. The topological polar surface area (TPSA) is 39.7 Å². The van der Waals surface area contributed by atoms with Crippen LogP contribution in [-0.4, -0.2) is 51.1 Å². The van der Waals surface area contributed by atoms with Crippen molar-refractivity contribution in [1.29, 1.82) is 0 Å². The van der Waals surface area contributed by atoms with Crippen molar-refractivity contribution < 1.29 is 0 Å². The number of aryl methyl sites for hydroxylation is 1. The Morgan fingerprint density at radius 3 is 2.48 bits per heavy atom. The fourth-order valence-electron chi connectivity index (χ4n) is 2.01. The molecule has 1 unspecified atom stereocenters. The fourth-order valence-corrected chi connectivity index (χ4v) is 2.01. The second kappa shape index (κ2) is 9.40. The van der Waals surface area contributed by atoms with E-state index in [1.165, 1.54) is 11.1 Å². The molecule has 0 aromatic heterocycles. The summed E-state index contributed by atoms with van der Waals surface area (Å²) in [4.78, 5) is 6.54. The van der Waals surface area contributed by atoms with Crippen LogP contribution in [-0.2, 0) is 0 Å². The first-order valence-electron chi connectivity index (χ1n) is 7.76. The highest BCUT2D eigenvalue weighted by molar-refractivity contribution is 5.79. The highest BCUT2D eigenvalue weighted by atomic mass is 15.2. The molecular weight excluding hydrogens is 260 g/mol. The summed E-state index contributed by atoms with van der Waals surface area (Å²) in [5.41, 5.74) is 2.66. The Kier molecular flexibility index (Phi) is 7.83. The Morgan fingerprint density at radius 1 is 1.24 bits per heavy atom. The van der Waals surface area contributed by atoms with Crippen LogP contribution in [0, 0.1) is 6.92 Å². The summed E-state index contributed by atoms with van der Waals surface area (Å²) in [5.74, 6) is 1.33. The van der Waals surface area contributed by atoms with Crippen LogP contribution >= 0.6 is 0 Å². The Labute approximate surface area is 129 Å². The molecule has 21 heavy (non-hydrogen) atoms. The number of nitrogens with one attached hydrogen (secondary N) is 2. The van der Waals surface area contributed by atoms with E-state index >= 15 is 0 Å². The second-order valence-corrected chi connectivity index (χ2v) is 5.59. The third-order valence-electron chi connectivity index (χ3n) is 3.77. The number of guanidine groups is 1. The third-order valence-corrected chi connectivity index (χ3v) is 3.77. The summed E-state index contributed by atoms with van der Waals surface area (Å²) in [6, 6.07) is 8.74.